The molecule has 0 radical (unpaired) electrons. The van der Waals surface area contributed by atoms with Crippen molar-refractivity contribution in [3.05, 3.63) is 35.4 Å². The van der Waals surface area contributed by atoms with Crippen molar-refractivity contribution >= 4 is 12.0 Å². The van der Waals surface area contributed by atoms with Crippen molar-refractivity contribution in [2.45, 2.75) is 25.8 Å². The molecule has 0 fully saturated rings. The molecule has 1 heterocycles. The molecule has 4 heteroatoms. The SMILES string of the molecule is CC[C@@H](C#N)NC(=O)/C=C\c1ccc2c(c1)CCO2. The second-order valence-corrected chi connectivity index (χ2v) is 4.40. The molecule has 1 aliphatic rings. The van der Waals surface area contributed by atoms with Gasteiger partial charge in [0, 0.05) is 12.5 Å². The van der Waals surface area contributed by atoms with Crippen LogP contribution in [-0.2, 0) is 11.2 Å². The maximum atomic E-state index is 11.6. The van der Waals surface area contributed by atoms with Crippen LogP contribution in [-0.4, -0.2) is 18.6 Å². The van der Waals surface area contributed by atoms with Crippen molar-refractivity contribution in [3.8, 4) is 11.8 Å². The molecule has 0 spiro atoms. The lowest BCUT2D eigenvalue weighted by Gasteiger charge is -2.05. The number of fused-ring (bicyclic) bond motifs is 1. The molecule has 2 rings (SSSR count). The van der Waals surface area contributed by atoms with Crippen LogP contribution in [0.25, 0.3) is 6.08 Å². The zero-order chi connectivity index (χ0) is 13.7. The van der Waals surface area contributed by atoms with Crippen LogP contribution in [0.3, 0.4) is 0 Å². The van der Waals surface area contributed by atoms with Crippen molar-refractivity contribution < 1.29 is 9.53 Å². The van der Waals surface area contributed by atoms with Crippen molar-refractivity contribution in [3.63, 3.8) is 0 Å². The van der Waals surface area contributed by atoms with Crippen LogP contribution in [0.15, 0.2) is 24.3 Å². The second-order valence-electron chi connectivity index (χ2n) is 4.40. The molecule has 1 atom stereocenters. The van der Waals surface area contributed by atoms with Gasteiger partial charge >= 0.3 is 0 Å². The van der Waals surface area contributed by atoms with Crippen molar-refractivity contribution in [1.29, 1.82) is 5.26 Å². The Morgan fingerprint density at radius 1 is 1.63 bits per heavy atom. The van der Waals surface area contributed by atoms with Crippen molar-refractivity contribution in [2.24, 2.45) is 0 Å². The van der Waals surface area contributed by atoms with Crippen LogP contribution < -0.4 is 10.1 Å². The molecule has 0 aromatic heterocycles. The van der Waals surface area contributed by atoms with Crippen LogP contribution in [0, 0.1) is 11.3 Å². The molecule has 0 saturated heterocycles. The van der Waals surface area contributed by atoms with E-state index in [9.17, 15) is 4.79 Å². The highest BCUT2D eigenvalue weighted by atomic mass is 16.5. The number of nitrogens with zero attached hydrogens (tertiary/aromatic N) is 1. The summed E-state index contributed by atoms with van der Waals surface area (Å²) >= 11 is 0. The minimum Gasteiger partial charge on any atom is -0.493 e. The van der Waals surface area contributed by atoms with Crippen LogP contribution in [0.2, 0.25) is 0 Å². The van der Waals surface area contributed by atoms with E-state index in [-0.39, 0.29) is 5.91 Å². The third-order valence-electron chi connectivity index (χ3n) is 3.02. The number of nitriles is 1. The summed E-state index contributed by atoms with van der Waals surface area (Å²) in [5.41, 5.74) is 2.13. The molecule has 1 N–H and O–H groups in total. The van der Waals surface area contributed by atoms with E-state index in [1.165, 1.54) is 11.6 Å². The number of amides is 1. The van der Waals surface area contributed by atoms with E-state index >= 15 is 0 Å². The number of rotatable bonds is 4. The molecule has 0 unspecified atom stereocenters. The van der Waals surface area contributed by atoms with E-state index in [4.69, 9.17) is 10.00 Å². The lowest BCUT2D eigenvalue weighted by Crippen LogP contribution is -2.31. The molecule has 0 saturated carbocycles. The van der Waals surface area contributed by atoms with E-state index in [1.807, 2.05) is 31.2 Å². The first-order chi connectivity index (χ1) is 9.22. The topological polar surface area (TPSA) is 62.1 Å². The average molecular weight is 256 g/mol. The van der Waals surface area contributed by atoms with Gasteiger partial charge in [-0.15, -0.1) is 0 Å². The largest absolute Gasteiger partial charge is 0.493 e. The fraction of sp³-hybridized carbons (Fsp3) is 0.333. The zero-order valence-corrected chi connectivity index (χ0v) is 10.8. The highest BCUT2D eigenvalue weighted by Gasteiger charge is 2.11. The van der Waals surface area contributed by atoms with Crippen LogP contribution in [0.1, 0.15) is 24.5 Å². The number of hydrogen-bond acceptors (Lipinski definition) is 3. The third kappa shape index (κ3) is 3.35. The van der Waals surface area contributed by atoms with Gasteiger partial charge in [-0.1, -0.05) is 13.0 Å². The highest BCUT2D eigenvalue weighted by molar-refractivity contribution is 5.92. The lowest BCUT2D eigenvalue weighted by atomic mass is 10.1. The van der Waals surface area contributed by atoms with E-state index in [2.05, 4.69) is 5.32 Å². The van der Waals surface area contributed by atoms with Crippen molar-refractivity contribution in [1.82, 2.24) is 5.32 Å². The Kier molecular flexibility index (Phi) is 4.19. The summed E-state index contributed by atoms with van der Waals surface area (Å²) in [5, 5.41) is 11.4. The highest BCUT2D eigenvalue weighted by Crippen LogP contribution is 2.26. The van der Waals surface area contributed by atoms with Gasteiger partial charge in [-0.3, -0.25) is 4.79 Å². The Labute approximate surface area is 112 Å². The molecule has 1 amide bonds. The van der Waals surface area contributed by atoms with Crippen molar-refractivity contribution in [2.75, 3.05) is 6.61 Å². The molecule has 4 nitrogen and oxygen atoms in total. The normalized spacial score (nSPS) is 14.5. The Morgan fingerprint density at radius 3 is 3.21 bits per heavy atom. The minimum absolute atomic E-state index is 0.245. The minimum atomic E-state index is -0.425. The summed E-state index contributed by atoms with van der Waals surface area (Å²) in [6.07, 6.45) is 4.72. The predicted octanol–water partition coefficient (Wildman–Crippen LogP) is 2.05. The predicted molar refractivity (Wildman–Crippen MR) is 72.5 cm³/mol. The van der Waals surface area contributed by atoms with Gasteiger partial charge in [0.15, 0.2) is 0 Å². The zero-order valence-electron chi connectivity index (χ0n) is 10.8. The lowest BCUT2D eigenvalue weighted by molar-refractivity contribution is -0.116. The summed E-state index contributed by atoms with van der Waals surface area (Å²) in [6.45, 7) is 2.59. The maximum Gasteiger partial charge on any atom is 0.245 e. The molecule has 1 aromatic carbocycles. The van der Waals surface area contributed by atoms with Gasteiger partial charge in [-0.25, -0.2) is 0 Å². The number of carbonyl (C=O) groups excluding carboxylic acids is 1. The van der Waals surface area contributed by atoms with E-state index in [0.717, 1.165) is 24.3 Å². The fourth-order valence-corrected chi connectivity index (χ4v) is 1.93. The molecule has 0 bridgehead atoms. The van der Waals surface area contributed by atoms with Gasteiger partial charge in [-0.05, 0) is 35.8 Å². The molecule has 0 aliphatic carbocycles. The van der Waals surface area contributed by atoms with Gasteiger partial charge in [0.2, 0.25) is 5.91 Å². The summed E-state index contributed by atoms with van der Waals surface area (Å²) in [5.74, 6) is 0.683. The van der Waals surface area contributed by atoms with Crippen LogP contribution in [0.5, 0.6) is 5.75 Å². The Hall–Kier alpha value is -2.28. The molecule has 1 aromatic rings. The number of benzene rings is 1. The number of carbonyl (C=O) groups is 1. The molecule has 98 valence electrons. The number of nitrogens with one attached hydrogen (secondary N) is 1. The van der Waals surface area contributed by atoms with Crippen LogP contribution >= 0.6 is 0 Å². The summed E-state index contributed by atoms with van der Waals surface area (Å²) in [6, 6.07) is 7.46. The quantitative estimate of drug-likeness (QED) is 0.839. The molecule has 1 aliphatic heterocycles. The summed E-state index contributed by atoms with van der Waals surface area (Å²) < 4.78 is 5.42. The summed E-state index contributed by atoms with van der Waals surface area (Å²) in [4.78, 5) is 11.6. The summed E-state index contributed by atoms with van der Waals surface area (Å²) in [7, 11) is 0. The second kappa shape index (κ2) is 6.05. The van der Waals surface area contributed by atoms with E-state index < -0.39 is 6.04 Å². The standard InChI is InChI=1S/C15H16N2O2/c1-2-13(10-16)17-15(18)6-4-11-3-5-14-12(9-11)7-8-19-14/h3-6,9,13H,2,7-8H2,1H3,(H,17,18)/b6-4-/t13-/m0/s1. The Morgan fingerprint density at radius 2 is 2.47 bits per heavy atom. The first-order valence-corrected chi connectivity index (χ1v) is 6.37. The van der Waals surface area contributed by atoms with Gasteiger partial charge in [0.1, 0.15) is 11.8 Å². The monoisotopic (exact) mass is 256 g/mol. The van der Waals surface area contributed by atoms with Gasteiger partial charge in [-0.2, -0.15) is 5.26 Å². The number of hydrogen-bond donors (Lipinski definition) is 1. The van der Waals surface area contributed by atoms with E-state index in [1.54, 1.807) is 6.08 Å². The third-order valence-corrected chi connectivity index (χ3v) is 3.02. The van der Waals surface area contributed by atoms with Gasteiger partial charge in [0.05, 0.1) is 12.7 Å². The Balaban J connectivity index is 1.99. The molecule has 19 heavy (non-hydrogen) atoms. The van der Waals surface area contributed by atoms with E-state index in [0.29, 0.717) is 6.42 Å². The first-order valence-electron chi connectivity index (χ1n) is 6.37. The number of ether oxygens (including phenoxy) is 1. The van der Waals surface area contributed by atoms with Gasteiger partial charge < -0.3 is 10.1 Å². The smallest absolute Gasteiger partial charge is 0.245 e. The maximum absolute atomic E-state index is 11.6. The Bertz CT molecular complexity index is 544. The molecular formula is C15H16N2O2. The molecular weight excluding hydrogens is 240 g/mol. The average Bonchev–Trinajstić information content (AvgIpc) is 2.89. The van der Waals surface area contributed by atoms with Crippen LogP contribution in [0.4, 0.5) is 0 Å². The fourth-order valence-electron chi connectivity index (χ4n) is 1.93. The van der Waals surface area contributed by atoms with Gasteiger partial charge in [0.25, 0.3) is 0 Å². The first kappa shape index (κ1) is 13.2.